The van der Waals surface area contributed by atoms with Crippen molar-refractivity contribution in [1.82, 2.24) is 14.8 Å². The number of methoxy groups -OCH3 is 1. The van der Waals surface area contributed by atoms with Gasteiger partial charge in [0.15, 0.2) is 11.9 Å². The number of nitrogens with zero attached hydrogens (tertiary/aromatic N) is 4. The second-order valence-electron chi connectivity index (χ2n) is 5.74. The van der Waals surface area contributed by atoms with Crippen LogP contribution in [0.25, 0.3) is 5.69 Å². The van der Waals surface area contributed by atoms with Crippen molar-refractivity contribution in [2.75, 3.05) is 12.4 Å². The molecule has 29 heavy (non-hydrogen) atoms. The summed E-state index contributed by atoms with van der Waals surface area (Å²) in [7, 11) is 1.44. The molecule has 1 unspecified atom stereocenters. The molecule has 0 bridgehead atoms. The maximum absolute atomic E-state index is 13.0. The summed E-state index contributed by atoms with van der Waals surface area (Å²) in [5.74, 6) is 0.225. The molecule has 0 amide bonds. The lowest BCUT2D eigenvalue weighted by Gasteiger charge is -2.19. The lowest BCUT2D eigenvalue weighted by Crippen LogP contribution is -2.17. The number of aromatic nitrogens is 3. The zero-order valence-corrected chi connectivity index (χ0v) is 16.2. The topological polar surface area (TPSA) is 75.8 Å². The van der Waals surface area contributed by atoms with E-state index in [1.807, 2.05) is 6.07 Å². The third kappa shape index (κ3) is 4.45. The first-order valence-electron chi connectivity index (χ1n) is 8.01. The van der Waals surface area contributed by atoms with Gasteiger partial charge in [-0.25, -0.2) is 4.68 Å². The minimum Gasteiger partial charge on any atom is -0.356 e. The van der Waals surface area contributed by atoms with Gasteiger partial charge in [0.2, 0.25) is 0 Å². The van der Waals surface area contributed by atoms with Gasteiger partial charge >= 0.3 is 6.18 Å². The van der Waals surface area contributed by atoms with Gasteiger partial charge in [-0.05, 0) is 24.3 Å². The van der Waals surface area contributed by atoms with Crippen LogP contribution in [0, 0.1) is 11.3 Å². The second-order valence-corrected chi connectivity index (χ2v) is 6.55. The maximum Gasteiger partial charge on any atom is 0.416 e. The minimum atomic E-state index is -4.62. The second kappa shape index (κ2) is 8.29. The van der Waals surface area contributed by atoms with E-state index in [1.54, 1.807) is 24.4 Å². The molecule has 1 atom stereocenters. The zero-order valence-electron chi connectivity index (χ0n) is 14.7. The number of rotatable bonds is 5. The predicted octanol–water partition coefficient (Wildman–Crippen LogP) is 5.22. The van der Waals surface area contributed by atoms with Crippen LogP contribution in [0.5, 0.6) is 0 Å². The molecule has 0 aliphatic heterocycles. The summed E-state index contributed by atoms with van der Waals surface area (Å²) < 4.78 is 45.6. The third-order valence-corrected chi connectivity index (χ3v) is 4.43. The largest absolute Gasteiger partial charge is 0.416 e. The van der Waals surface area contributed by atoms with Crippen molar-refractivity contribution in [2.24, 2.45) is 0 Å². The van der Waals surface area contributed by atoms with E-state index < -0.39 is 18.0 Å². The van der Waals surface area contributed by atoms with Gasteiger partial charge < -0.3 is 10.1 Å². The van der Waals surface area contributed by atoms with Gasteiger partial charge in [-0.1, -0.05) is 29.3 Å². The number of hydrogen-bond acceptors (Lipinski definition) is 5. The van der Waals surface area contributed by atoms with Gasteiger partial charge in [-0.15, -0.1) is 0 Å². The Morgan fingerprint density at radius 3 is 2.41 bits per heavy atom. The van der Waals surface area contributed by atoms with Crippen molar-refractivity contribution in [1.29, 1.82) is 5.26 Å². The normalized spacial score (nSPS) is 12.4. The maximum atomic E-state index is 13.0. The highest BCUT2D eigenvalue weighted by atomic mass is 35.5. The first kappa shape index (κ1) is 20.9. The lowest BCUT2D eigenvalue weighted by atomic mass is 10.2. The summed E-state index contributed by atoms with van der Waals surface area (Å²) in [6.07, 6.45) is -3.77. The van der Waals surface area contributed by atoms with E-state index in [-0.39, 0.29) is 27.2 Å². The molecule has 0 fully saturated rings. The molecule has 2 heterocycles. The number of hydrogen-bond donors (Lipinski definition) is 1. The molecule has 3 aromatic rings. The van der Waals surface area contributed by atoms with Gasteiger partial charge in [-0.2, -0.15) is 23.5 Å². The van der Waals surface area contributed by atoms with E-state index in [2.05, 4.69) is 15.4 Å². The third-order valence-electron chi connectivity index (χ3n) is 3.85. The number of nitrogens with one attached hydrogen (secondary N) is 1. The van der Waals surface area contributed by atoms with Crippen LogP contribution in [0.15, 0.2) is 42.6 Å². The Bertz CT molecular complexity index is 1040. The smallest absolute Gasteiger partial charge is 0.356 e. The molecule has 0 radical (unpaired) electrons. The van der Waals surface area contributed by atoms with Crippen LogP contribution < -0.4 is 5.32 Å². The summed E-state index contributed by atoms with van der Waals surface area (Å²) in [5, 5.41) is 15.7. The number of alkyl halides is 3. The number of nitriles is 1. The van der Waals surface area contributed by atoms with Crippen molar-refractivity contribution in [3.8, 4) is 11.8 Å². The molecule has 0 aliphatic carbocycles. The van der Waals surface area contributed by atoms with Crippen LogP contribution in [-0.2, 0) is 10.9 Å². The van der Waals surface area contributed by atoms with E-state index in [0.29, 0.717) is 5.69 Å². The molecule has 150 valence electrons. The van der Waals surface area contributed by atoms with Crippen molar-refractivity contribution in [3.63, 3.8) is 0 Å². The van der Waals surface area contributed by atoms with E-state index in [0.717, 1.165) is 16.8 Å². The number of anilines is 1. The number of benzene rings is 1. The highest BCUT2D eigenvalue weighted by Crippen LogP contribution is 2.38. The summed E-state index contributed by atoms with van der Waals surface area (Å²) in [6.45, 7) is 0. The highest BCUT2D eigenvalue weighted by Gasteiger charge is 2.32. The number of halogens is 5. The molecule has 2 aromatic heterocycles. The fraction of sp³-hybridized carbons (Fsp3) is 0.167. The van der Waals surface area contributed by atoms with E-state index in [4.69, 9.17) is 27.9 Å². The van der Waals surface area contributed by atoms with Crippen LogP contribution in [0.3, 0.4) is 0 Å². The molecule has 0 saturated heterocycles. The van der Waals surface area contributed by atoms with Crippen LogP contribution >= 0.6 is 23.2 Å². The van der Waals surface area contributed by atoms with Crippen molar-refractivity contribution in [3.05, 3.63) is 69.6 Å². The molecule has 6 nitrogen and oxygen atoms in total. The van der Waals surface area contributed by atoms with Gasteiger partial charge in [0.05, 0.1) is 21.3 Å². The molecule has 0 spiro atoms. The van der Waals surface area contributed by atoms with Crippen LogP contribution in [0.4, 0.5) is 19.0 Å². The Balaban J connectivity index is 2.08. The molecule has 1 aromatic carbocycles. The van der Waals surface area contributed by atoms with E-state index in [9.17, 15) is 18.4 Å². The van der Waals surface area contributed by atoms with Gasteiger partial charge in [0, 0.05) is 19.4 Å². The Kier molecular flexibility index (Phi) is 5.98. The first-order valence-corrected chi connectivity index (χ1v) is 8.77. The molecular weight excluding hydrogens is 430 g/mol. The highest BCUT2D eigenvalue weighted by molar-refractivity contribution is 6.38. The predicted molar refractivity (Wildman–Crippen MR) is 101 cm³/mol. The first-order chi connectivity index (χ1) is 13.7. The van der Waals surface area contributed by atoms with Crippen LogP contribution in [0.2, 0.25) is 10.0 Å². The number of pyridine rings is 1. The summed E-state index contributed by atoms with van der Waals surface area (Å²) >= 11 is 12.2. The Morgan fingerprint density at radius 2 is 1.90 bits per heavy atom. The molecule has 11 heteroatoms. The van der Waals surface area contributed by atoms with E-state index in [1.165, 1.54) is 13.2 Å². The molecule has 0 aliphatic rings. The molecule has 0 saturated carbocycles. The van der Waals surface area contributed by atoms with Gasteiger partial charge in [0.25, 0.3) is 0 Å². The fourth-order valence-corrected chi connectivity index (χ4v) is 3.21. The minimum absolute atomic E-state index is 0.00425. The average molecular weight is 442 g/mol. The number of ether oxygens (including phenoxy) is 1. The summed E-state index contributed by atoms with van der Waals surface area (Å²) in [5.41, 5.74) is -0.482. The Morgan fingerprint density at radius 1 is 1.21 bits per heavy atom. The molecule has 1 N–H and O–H groups in total. The Labute approximate surface area is 173 Å². The van der Waals surface area contributed by atoms with Crippen molar-refractivity contribution >= 4 is 29.0 Å². The Hall–Kier alpha value is -2.80. The quantitative estimate of drug-likeness (QED) is 0.549. The van der Waals surface area contributed by atoms with Gasteiger partial charge in [-0.3, -0.25) is 4.98 Å². The standard InChI is InChI=1S/C18H12Cl2F3N5O/c1-29-17(14-4-2-3-5-25-14)26-15-8-11(9-24)27-28(15)16-12(19)6-10(7-13(16)20)18(21,22)23/h2-8,17,26H,1H3. The van der Waals surface area contributed by atoms with E-state index >= 15 is 0 Å². The summed E-state index contributed by atoms with van der Waals surface area (Å²) in [4.78, 5) is 4.19. The summed E-state index contributed by atoms with van der Waals surface area (Å²) in [6, 6.07) is 9.95. The van der Waals surface area contributed by atoms with Gasteiger partial charge in [0.1, 0.15) is 17.6 Å². The molecular formula is C18H12Cl2F3N5O. The lowest BCUT2D eigenvalue weighted by molar-refractivity contribution is -0.137. The molecule has 3 rings (SSSR count). The average Bonchev–Trinajstić information content (AvgIpc) is 3.08. The zero-order chi connectivity index (χ0) is 21.2. The monoisotopic (exact) mass is 441 g/mol. The van der Waals surface area contributed by atoms with Crippen molar-refractivity contribution in [2.45, 2.75) is 12.4 Å². The van der Waals surface area contributed by atoms with Crippen LogP contribution in [-0.4, -0.2) is 21.9 Å². The van der Waals surface area contributed by atoms with Crippen LogP contribution in [0.1, 0.15) is 23.2 Å². The fourth-order valence-electron chi connectivity index (χ4n) is 2.56. The SMILES string of the molecule is COC(Nc1cc(C#N)nn1-c1c(Cl)cc(C(F)(F)F)cc1Cl)c1ccccn1. The van der Waals surface area contributed by atoms with Crippen molar-refractivity contribution < 1.29 is 17.9 Å².